The lowest BCUT2D eigenvalue weighted by atomic mass is 10.1. The number of amides is 1. The van der Waals surface area contributed by atoms with Gasteiger partial charge in [-0.05, 0) is 24.9 Å². The number of hydrogen-bond donors (Lipinski definition) is 0. The van der Waals surface area contributed by atoms with Crippen LogP contribution in [0.5, 0.6) is 0 Å². The Balaban J connectivity index is 1.42. The van der Waals surface area contributed by atoms with E-state index in [0.29, 0.717) is 0 Å². The average Bonchev–Trinajstić information content (AvgIpc) is 3.37. The molecule has 0 radical (unpaired) electrons. The first-order chi connectivity index (χ1) is 13.2. The topological polar surface area (TPSA) is 52.6 Å². The van der Waals surface area contributed by atoms with Gasteiger partial charge in [-0.15, -0.1) is 0 Å². The molecule has 1 aromatic heterocycles. The van der Waals surface area contributed by atoms with Crippen LogP contribution in [0.1, 0.15) is 31.2 Å². The lowest BCUT2D eigenvalue weighted by molar-refractivity contribution is -0.134. The highest BCUT2D eigenvalue weighted by Gasteiger charge is 2.36. The van der Waals surface area contributed by atoms with Gasteiger partial charge in [-0.3, -0.25) is 4.79 Å². The van der Waals surface area contributed by atoms with Crippen molar-refractivity contribution >= 4 is 22.6 Å². The molecule has 0 bridgehead atoms. The number of hydrogen-bond acceptors (Lipinski definition) is 6. The average molecular weight is 386 g/mol. The number of carbonyl (C=O) groups excluding carboxylic acids is 1. The van der Waals surface area contributed by atoms with Gasteiger partial charge >= 0.3 is 0 Å². The third-order valence-electron chi connectivity index (χ3n) is 5.58. The Morgan fingerprint density at radius 3 is 2.67 bits per heavy atom. The van der Waals surface area contributed by atoms with Crippen molar-refractivity contribution in [3.63, 3.8) is 0 Å². The van der Waals surface area contributed by atoms with Crippen LogP contribution in [0.2, 0.25) is 0 Å². The molecule has 2 aliphatic rings. The van der Waals surface area contributed by atoms with E-state index in [4.69, 9.17) is 4.98 Å². The quantitative estimate of drug-likeness (QED) is 0.790. The number of anilines is 1. The Kier molecular flexibility index (Phi) is 5.69. The summed E-state index contributed by atoms with van der Waals surface area (Å²) in [6.45, 7) is 7.78. The highest BCUT2D eigenvalue weighted by molar-refractivity contribution is 7.09. The Hall–Kier alpha value is -1.99. The van der Waals surface area contributed by atoms with Crippen molar-refractivity contribution in [1.29, 1.82) is 0 Å². The summed E-state index contributed by atoms with van der Waals surface area (Å²) in [5.74, 6) is 1.11. The van der Waals surface area contributed by atoms with Crippen LogP contribution < -0.4 is 4.90 Å². The summed E-state index contributed by atoms with van der Waals surface area (Å²) in [5, 5.41) is 0.893. The zero-order chi connectivity index (χ0) is 18.6. The lowest BCUT2D eigenvalue weighted by Crippen LogP contribution is -2.53. The smallest absolute Gasteiger partial charge is 0.245 e. The van der Waals surface area contributed by atoms with Crippen molar-refractivity contribution in [3.05, 3.63) is 41.7 Å². The fraction of sp³-hybridized carbons (Fsp3) is 0.550. The highest BCUT2D eigenvalue weighted by atomic mass is 32.1. The molecule has 2 aliphatic heterocycles. The monoisotopic (exact) mass is 385 g/mol. The molecule has 0 N–H and O–H groups in total. The van der Waals surface area contributed by atoms with Crippen LogP contribution >= 0.6 is 11.5 Å². The van der Waals surface area contributed by atoms with E-state index in [0.717, 1.165) is 69.5 Å². The standard InChI is InChI=1S/C20H27N5OS/c1-2-23-11-13-24(14-12-23)19(26)17-9-6-10-25(17)20-21-18(22-27-20)15-16-7-4-3-5-8-16/h3-5,7-8,17H,2,6,9-15H2,1H3. The molecule has 0 spiro atoms. The molecule has 1 unspecified atom stereocenters. The molecule has 6 nitrogen and oxygen atoms in total. The molecule has 1 aromatic carbocycles. The first-order valence-electron chi connectivity index (χ1n) is 9.89. The van der Waals surface area contributed by atoms with Crippen molar-refractivity contribution < 1.29 is 4.79 Å². The summed E-state index contributed by atoms with van der Waals surface area (Å²) in [6, 6.07) is 10.2. The number of benzene rings is 1. The van der Waals surface area contributed by atoms with Gasteiger partial charge in [0.2, 0.25) is 11.0 Å². The Morgan fingerprint density at radius 1 is 1.15 bits per heavy atom. The van der Waals surface area contributed by atoms with E-state index in [1.807, 2.05) is 23.1 Å². The maximum Gasteiger partial charge on any atom is 0.245 e. The van der Waals surface area contributed by atoms with Crippen molar-refractivity contribution in [1.82, 2.24) is 19.2 Å². The molecule has 7 heteroatoms. The molecule has 27 heavy (non-hydrogen) atoms. The van der Waals surface area contributed by atoms with Crippen LogP contribution in [0.15, 0.2) is 30.3 Å². The summed E-state index contributed by atoms with van der Waals surface area (Å²) in [7, 11) is 0. The fourth-order valence-corrected chi connectivity index (χ4v) is 4.72. The Morgan fingerprint density at radius 2 is 1.93 bits per heavy atom. The van der Waals surface area contributed by atoms with Gasteiger partial charge in [0.15, 0.2) is 0 Å². The predicted molar refractivity (Wildman–Crippen MR) is 108 cm³/mol. The third kappa shape index (κ3) is 4.14. The number of carbonyl (C=O) groups is 1. The molecular formula is C20H27N5OS. The molecule has 0 aliphatic carbocycles. The first-order valence-corrected chi connectivity index (χ1v) is 10.7. The van der Waals surface area contributed by atoms with Crippen molar-refractivity contribution in [2.45, 2.75) is 32.2 Å². The van der Waals surface area contributed by atoms with E-state index in [-0.39, 0.29) is 11.9 Å². The molecule has 1 atom stereocenters. The van der Waals surface area contributed by atoms with Gasteiger partial charge in [-0.25, -0.2) is 4.98 Å². The highest BCUT2D eigenvalue weighted by Crippen LogP contribution is 2.29. The van der Waals surface area contributed by atoms with Gasteiger partial charge < -0.3 is 14.7 Å². The van der Waals surface area contributed by atoms with E-state index in [1.54, 1.807) is 0 Å². The minimum Gasteiger partial charge on any atom is -0.338 e. The van der Waals surface area contributed by atoms with Crippen molar-refractivity contribution in [3.8, 4) is 0 Å². The molecular weight excluding hydrogens is 358 g/mol. The summed E-state index contributed by atoms with van der Waals surface area (Å²) in [5.41, 5.74) is 1.21. The van der Waals surface area contributed by atoms with Crippen LogP contribution in [0.3, 0.4) is 0 Å². The zero-order valence-corrected chi connectivity index (χ0v) is 16.7. The minimum absolute atomic E-state index is 0.0734. The largest absolute Gasteiger partial charge is 0.338 e. The molecule has 3 heterocycles. The molecule has 4 rings (SSSR count). The summed E-state index contributed by atoms with van der Waals surface area (Å²) in [4.78, 5) is 24.5. The summed E-state index contributed by atoms with van der Waals surface area (Å²) in [6.07, 6.45) is 2.70. The first kappa shape index (κ1) is 18.4. The van der Waals surface area contributed by atoms with E-state index in [2.05, 4.69) is 33.2 Å². The summed E-state index contributed by atoms with van der Waals surface area (Å²) < 4.78 is 4.54. The maximum atomic E-state index is 13.1. The third-order valence-corrected chi connectivity index (χ3v) is 6.37. The molecule has 2 aromatic rings. The second kappa shape index (κ2) is 8.35. The second-order valence-electron chi connectivity index (χ2n) is 7.27. The van der Waals surface area contributed by atoms with E-state index in [1.165, 1.54) is 17.1 Å². The van der Waals surface area contributed by atoms with Crippen molar-refractivity contribution in [2.75, 3.05) is 44.2 Å². The fourth-order valence-electron chi connectivity index (χ4n) is 3.96. The van der Waals surface area contributed by atoms with Crippen LogP contribution in [0, 0.1) is 0 Å². The SMILES string of the molecule is CCN1CCN(C(=O)C2CCCN2c2nc(Cc3ccccc3)ns2)CC1. The van der Waals surface area contributed by atoms with E-state index < -0.39 is 0 Å². The number of aromatic nitrogens is 2. The Bertz CT molecular complexity index is 757. The van der Waals surface area contributed by atoms with Gasteiger partial charge in [-0.2, -0.15) is 4.37 Å². The number of piperazine rings is 1. The molecule has 2 fully saturated rings. The van der Waals surface area contributed by atoms with Gasteiger partial charge in [0, 0.05) is 50.7 Å². The molecule has 0 saturated carbocycles. The number of nitrogens with zero attached hydrogens (tertiary/aromatic N) is 5. The number of rotatable bonds is 5. The van der Waals surface area contributed by atoms with Gasteiger partial charge in [-0.1, -0.05) is 37.3 Å². The molecule has 144 valence electrons. The van der Waals surface area contributed by atoms with Gasteiger partial charge in [0.1, 0.15) is 11.9 Å². The lowest BCUT2D eigenvalue weighted by Gasteiger charge is -2.36. The van der Waals surface area contributed by atoms with E-state index >= 15 is 0 Å². The van der Waals surface area contributed by atoms with Gasteiger partial charge in [0.25, 0.3) is 0 Å². The Labute approximate surface area is 165 Å². The van der Waals surface area contributed by atoms with Crippen LogP contribution in [0.4, 0.5) is 5.13 Å². The van der Waals surface area contributed by atoms with Crippen LogP contribution in [-0.2, 0) is 11.2 Å². The maximum absolute atomic E-state index is 13.1. The normalized spacial score (nSPS) is 21.0. The number of likely N-dealkylation sites (N-methyl/N-ethyl adjacent to an activating group) is 1. The van der Waals surface area contributed by atoms with Gasteiger partial charge in [0.05, 0.1) is 0 Å². The summed E-state index contributed by atoms with van der Waals surface area (Å²) >= 11 is 1.42. The second-order valence-corrected chi connectivity index (χ2v) is 8.00. The zero-order valence-electron chi connectivity index (χ0n) is 15.9. The van der Waals surface area contributed by atoms with Crippen LogP contribution in [-0.4, -0.2) is 70.4 Å². The van der Waals surface area contributed by atoms with Crippen LogP contribution in [0.25, 0.3) is 0 Å². The minimum atomic E-state index is -0.0734. The van der Waals surface area contributed by atoms with E-state index in [9.17, 15) is 4.79 Å². The molecule has 1 amide bonds. The van der Waals surface area contributed by atoms with Crippen molar-refractivity contribution in [2.24, 2.45) is 0 Å². The molecule has 2 saturated heterocycles. The predicted octanol–water partition coefficient (Wildman–Crippen LogP) is 2.26.